The minimum atomic E-state index is -1.02. The Morgan fingerprint density at radius 1 is 1.35 bits per heavy atom. The maximum Gasteiger partial charge on any atom is 0.339 e. The van der Waals surface area contributed by atoms with Gasteiger partial charge in [-0.25, -0.2) is 4.79 Å². The molecular weight excluding hydrogens is 264 g/mol. The van der Waals surface area contributed by atoms with E-state index in [9.17, 15) is 9.90 Å². The minimum Gasteiger partial charge on any atom is -0.478 e. The highest BCUT2D eigenvalue weighted by atomic mass is 16.4. The molecule has 8 nitrogen and oxygen atoms in total. The van der Waals surface area contributed by atoms with Crippen molar-refractivity contribution in [2.24, 2.45) is 0 Å². The normalized spacial score (nSPS) is 18.0. The van der Waals surface area contributed by atoms with Gasteiger partial charge in [0.05, 0.1) is 18.9 Å². The molecule has 1 fully saturated rings. The van der Waals surface area contributed by atoms with Crippen LogP contribution in [0.5, 0.6) is 0 Å². The number of aromatic nitrogens is 2. The van der Waals surface area contributed by atoms with Gasteiger partial charge in [-0.15, -0.1) is 5.10 Å². The van der Waals surface area contributed by atoms with Gasteiger partial charge < -0.3 is 20.2 Å². The van der Waals surface area contributed by atoms with Crippen molar-refractivity contribution in [1.82, 2.24) is 15.1 Å². The van der Waals surface area contributed by atoms with Crippen LogP contribution in [0.4, 0.5) is 5.82 Å². The molecule has 1 atom stereocenters. The summed E-state index contributed by atoms with van der Waals surface area (Å²) >= 11 is 0. The Morgan fingerprint density at radius 2 is 2.05 bits per heavy atom. The van der Waals surface area contributed by atoms with Crippen molar-refractivity contribution in [3.63, 3.8) is 0 Å². The summed E-state index contributed by atoms with van der Waals surface area (Å²) in [5.41, 5.74) is 0.142. The number of β-amino-alcohol motifs (C(OH)–C–C–N with tert-alkyl or cyclic N) is 1. The molecule has 0 radical (unpaired) electrons. The molecule has 0 aliphatic carbocycles. The summed E-state index contributed by atoms with van der Waals surface area (Å²) in [7, 11) is 0. The van der Waals surface area contributed by atoms with Crippen molar-refractivity contribution >= 4 is 11.8 Å². The van der Waals surface area contributed by atoms with Gasteiger partial charge >= 0.3 is 5.97 Å². The van der Waals surface area contributed by atoms with Gasteiger partial charge in [0.15, 0.2) is 5.82 Å². The number of carboxylic acids is 1. The first-order valence-corrected chi connectivity index (χ1v) is 6.43. The van der Waals surface area contributed by atoms with Crippen LogP contribution >= 0.6 is 0 Å². The predicted molar refractivity (Wildman–Crippen MR) is 70.7 cm³/mol. The van der Waals surface area contributed by atoms with E-state index in [1.54, 1.807) is 0 Å². The number of aromatic carboxylic acids is 1. The molecule has 1 unspecified atom stereocenters. The number of aliphatic hydroxyl groups excluding tert-OH is 2. The van der Waals surface area contributed by atoms with Crippen LogP contribution in [0.15, 0.2) is 12.3 Å². The first kappa shape index (κ1) is 14.6. The first-order valence-electron chi connectivity index (χ1n) is 6.43. The Morgan fingerprint density at radius 3 is 2.65 bits per heavy atom. The van der Waals surface area contributed by atoms with Gasteiger partial charge in [0.25, 0.3) is 0 Å². The Balaban J connectivity index is 1.99. The van der Waals surface area contributed by atoms with Gasteiger partial charge in [-0.1, -0.05) is 0 Å². The van der Waals surface area contributed by atoms with E-state index in [4.69, 9.17) is 10.2 Å². The zero-order chi connectivity index (χ0) is 14.5. The molecule has 1 aromatic heterocycles. The molecule has 1 aliphatic rings. The van der Waals surface area contributed by atoms with Crippen LogP contribution in [0, 0.1) is 0 Å². The lowest BCUT2D eigenvalue weighted by Crippen LogP contribution is -2.49. The van der Waals surface area contributed by atoms with Crippen LogP contribution in [0.1, 0.15) is 10.4 Å². The van der Waals surface area contributed by atoms with Crippen LogP contribution in [0.25, 0.3) is 0 Å². The van der Waals surface area contributed by atoms with Crippen LogP contribution in [0.3, 0.4) is 0 Å². The van der Waals surface area contributed by atoms with E-state index in [0.29, 0.717) is 38.5 Å². The lowest BCUT2D eigenvalue weighted by Gasteiger charge is -2.36. The maximum absolute atomic E-state index is 11.1. The Kier molecular flexibility index (Phi) is 4.83. The molecular formula is C12H18N4O4. The van der Waals surface area contributed by atoms with Crippen LogP contribution in [-0.2, 0) is 0 Å². The van der Waals surface area contributed by atoms with Crippen molar-refractivity contribution in [2.45, 2.75) is 6.10 Å². The molecule has 110 valence electrons. The van der Waals surface area contributed by atoms with E-state index in [1.165, 1.54) is 12.3 Å². The van der Waals surface area contributed by atoms with Crippen LogP contribution in [0.2, 0.25) is 0 Å². The van der Waals surface area contributed by atoms with Crippen LogP contribution < -0.4 is 4.90 Å². The van der Waals surface area contributed by atoms with Crippen molar-refractivity contribution in [1.29, 1.82) is 0 Å². The summed E-state index contributed by atoms with van der Waals surface area (Å²) in [6.07, 6.45) is 0.619. The molecule has 20 heavy (non-hydrogen) atoms. The SMILES string of the molecule is O=C(O)c1ccnnc1N1CCN(CC(O)CO)CC1. The Labute approximate surface area is 116 Å². The number of aliphatic hydroxyl groups is 2. The van der Waals surface area contributed by atoms with Gasteiger partial charge in [-0.2, -0.15) is 5.10 Å². The lowest BCUT2D eigenvalue weighted by molar-refractivity contribution is 0.0574. The van der Waals surface area contributed by atoms with E-state index in [1.807, 2.05) is 9.80 Å². The molecule has 2 heterocycles. The van der Waals surface area contributed by atoms with E-state index in [-0.39, 0.29) is 12.2 Å². The quantitative estimate of drug-likeness (QED) is 0.608. The molecule has 1 aliphatic heterocycles. The van der Waals surface area contributed by atoms with E-state index >= 15 is 0 Å². The average Bonchev–Trinajstić information content (AvgIpc) is 2.48. The second-order valence-corrected chi connectivity index (χ2v) is 4.70. The maximum atomic E-state index is 11.1. The highest BCUT2D eigenvalue weighted by Crippen LogP contribution is 2.18. The zero-order valence-corrected chi connectivity index (χ0v) is 11.0. The van der Waals surface area contributed by atoms with Gasteiger partial charge in [-0.3, -0.25) is 4.90 Å². The number of piperazine rings is 1. The van der Waals surface area contributed by atoms with Crippen molar-refractivity contribution < 1.29 is 20.1 Å². The number of rotatable bonds is 5. The summed E-state index contributed by atoms with van der Waals surface area (Å²) < 4.78 is 0. The van der Waals surface area contributed by atoms with Crippen molar-refractivity contribution in [3.05, 3.63) is 17.8 Å². The second kappa shape index (κ2) is 6.60. The van der Waals surface area contributed by atoms with Gasteiger partial charge in [0, 0.05) is 32.7 Å². The number of carbonyl (C=O) groups is 1. The average molecular weight is 282 g/mol. The third-order valence-corrected chi connectivity index (χ3v) is 3.28. The molecule has 1 aromatic rings. The number of carboxylic acid groups (broad SMARTS) is 1. The van der Waals surface area contributed by atoms with Gasteiger partial charge in [0.2, 0.25) is 0 Å². The molecule has 0 bridgehead atoms. The molecule has 0 saturated carbocycles. The largest absolute Gasteiger partial charge is 0.478 e. The smallest absolute Gasteiger partial charge is 0.339 e. The van der Waals surface area contributed by atoms with Crippen LogP contribution in [-0.4, -0.2) is 81.8 Å². The minimum absolute atomic E-state index is 0.142. The topological polar surface area (TPSA) is 110 Å². The third-order valence-electron chi connectivity index (χ3n) is 3.28. The summed E-state index contributed by atoms with van der Waals surface area (Å²) in [5, 5.41) is 35.0. The van der Waals surface area contributed by atoms with E-state index < -0.39 is 12.1 Å². The number of hydrogen-bond donors (Lipinski definition) is 3. The third kappa shape index (κ3) is 3.41. The monoisotopic (exact) mass is 282 g/mol. The standard InChI is InChI=1S/C12H18N4O4/c17-8-9(18)7-15-3-5-16(6-4-15)11-10(12(19)20)1-2-13-14-11/h1-2,9,17-18H,3-8H2,(H,19,20). The van der Waals surface area contributed by atoms with Gasteiger partial charge in [0.1, 0.15) is 5.56 Å². The summed E-state index contributed by atoms with van der Waals surface area (Å²) in [5.74, 6) is -0.643. The molecule has 8 heteroatoms. The fraction of sp³-hybridized carbons (Fsp3) is 0.583. The van der Waals surface area contributed by atoms with Crippen molar-refractivity contribution in [2.75, 3.05) is 44.2 Å². The fourth-order valence-corrected chi connectivity index (χ4v) is 2.22. The highest BCUT2D eigenvalue weighted by molar-refractivity contribution is 5.93. The van der Waals surface area contributed by atoms with Crippen molar-refractivity contribution in [3.8, 4) is 0 Å². The molecule has 3 N–H and O–H groups in total. The fourth-order valence-electron chi connectivity index (χ4n) is 2.22. The lowest BCUT2D eigenvalue weighted by atomic mass is 10.2. The predicted octanol–water partition coefficient (Wildman–Crippen LogP) is -1.35. The number of hydrogen-bond acceptors (Lipinski definition) is 7. The zero-order valence-electron chi connectivity index (χ0n) is 11.0. The molecule has 1 saturated heterocycles. The van der Waals surface area contributed by atoms with E-state index in [0.717, 1.165) is 0 Å². The molecule has 0 amide bonds. The molecule has 0 spiro atoms. The Bertz CT molecular complexity index is 463. The second-order valence-electron chi connectivity index (χ2n) is 4.70. The number of nitrogens with zero attached hydrogens (tertiary/aromatic N) is 4. The molecule has 2 rings (SSSR count). The molecule has 0 aromatic carbocycles. The summed E-state index contributed by atoms with van der Waals surface area (Å²) in [6.45, 7) is 2.72. The highest BCUT2D eigenvalue weighted by Gasteiger charge is 2.23. The van der Waals surface area contributed by atoms with E-state index in [2.05, 4.69) is 10.2 Å². The first-order chi connectivity index (χ1) is 9.61. The van der Waals surface area contributed by atoms with Gasteiger partial charge in [-0.05, 0) is 6.07 Å². The number of anilines is 1. The summed E-state index contributed by atoms with van der Waals surface area (Å²) in [6, 6.07) is 1.44. The summed E-state index contributed by atoms with van der Waals surface area (Å²) in [4.78, 5) is 15.0. The Hall–Kier alpha value is -1.77.